The number of hydrogen-bond acceptors (Lipinski definition) is 5. The van der Waals surface area contributed by atoms with E-state index >= 15 is 0 Å². The molecule has 6 heteroatoms. The molecular formula is C18H22N2O2S2. The molecule has 0 aliphatic carbocycles. The lowest BCUT2D eigenvalue weighted by atomic mass is 10.1. The maximum Gasteiger partial charge on any atom is 0.266 e. The van der Waals surface area contributed by atoms with Crippen LogP contribution in [0.4, 0.5) is 0 Å². The highest BCUT2D eigenvalue weighted by atomic mass is 32.2. The van der Waals surface area contributed by atoms with Crippen molar-refractivity contribution in [1.29, 1.82) is 0 Å². The van der Waals surface area contributed by atoms with Gasteiger partial charge in [-0.05, 0) is 25.0 Å². The summed E-state index contributed by atoms with van der Waals surface area (Å²) in [4.78, 5) is 17.4. The SMILES string of the molecule is Cc1cccc(C=C2SC(=S)N(CCCN3CCOCC3)C2=O)c1. The summed E-state index contributed by atoms with van der Waals surface area (Å²) in [6, 6.07) is 8.14. The standard InChI is InChI=1S/C18H22N2O2S2/c1-14-4-2-5-15(12-14)13-16-17(21)20(18(23)24-16)7-3-6-19-8-10-22-11-9-19/h2,4-5,12-13H,3,6-11H2,1H3. The van der Waals surface area contributed by atoms with Gasteiger partial charge in [0.15, 0.2) is 0 Å². The number of amides is 1. The van der Waals surface area contributed by atoms with E-state index in [0.29, 0.717) is 10.9 Å². The van der Waals surface area contributed by atoms with Gasteiger partial charge in [0.1, 0.15) is 4.32 Å². The van der Waals surface area contributed by atoms with E-state index in [1.807, 2.05) is 31.2 Å². The number of carbonyl (C=O) groups is 1. The lowest BCUT2D eigenvalue weighted by Gasteiger charge is -2.27. The number of thiocarbonyl (C=S) groups is 1. The molecule has 2 saturated heterocycles. The van der Waals surface area contributed by atoms with Crippen molar-refractivity contribution in [2.75, 3.05) is 39.4 Å². The fourth-order valence-electron chi connectivity index (χ4n) is 2.88. The van der Waals surface area contributed by atoms with Gasteiger partial charge in [0, 0.05) is 26.2 Å². The van der Waals surface area contributed by atoms with Crippen molar-refractivity contribution in [1.82, 2.24) is 9.80 Å². The van der Waals surface area contributed by atoms with E-state index in [-0.39, 0.29) is 5.91 Å². The number of thioether (sulfide) groups is 1. The van der Waals surface area contributed by atoms with Gasteiger partial charge >= 0.3 is 0 Å². The first-order valence-electron chi connectivity index (χ1n) is 8.25. The third kappa shape index (κ3) is 4.45. The highest BCUT2D eigenvalue weighted by molar-refractivity contribution is 8.26. The van der Waals surface area contributed by atoms with Crippen LogP contribution in [0.2, 0.25) is 0 Å². The van der Waals surface area contributed by atoms with E-state index in [9.17, 15) is 4.79 Å². The quantitative estimate of drug-likeness (QED) is 0.594. The van der Waals surface area contributed by atoms with Gasteiger partial charge < -0.3 is 4.74 Å². The van der Waals surface area contributed by atoms with Crippen LogP contribution in [0.5, 0.6) is 0 Å². The molecule has 0 unspecified atom stereocenters. The molecule has 0 N–H and O–H groups in total. The topological polar surface area (TPSA) is 32.8 Å². The fraction of sp³-hybridized carbons (Fsp3) is 0.444. The fourth-order valence-corrected chi connectivity index (χ4v) is 4.19. The number of nitrogens with zero attached hydrogens (tertiary/aromatic N) is 2. The number of carbonyl (C=O) groups excluding carboxylic acids is 1. The van der Waals surface area contributed by atoms with E-state index in [1.54, 1.807) is 4.90 Å². The van der Waals surface area contributed by atoms with Crippen LogP contribution in [0.25, 0.3) is 6.08 Å². The van der Waals surface area contributed by atoms with Gasteiger partial charge in [0.05, 0.1) is 18.1 Å². The molecule has 0 spiro atoms. The van der Waals surface area contributed by atoms with Crippen LogP contribution in [0, 0.1) is 6.92 Å². The van der Waals surface area contributed by atoms with Gasteiger partial charge in [0.2, 0.25) is 0 Å². The van der Waals surface area contributed by atoms with E-state index < -0.39 is 0 Å². The van der Waals surface area contributed by atoms with Crippen molar-refractivity contribution in [3.63, 3.8) is 0 Å². The van der Waals surface area contributed by atoms with Gasteiger partial charge in [-0.15, -0.1) is 0 Å². The van der Waals surface area contributed by atoms with Crippen molar-refractivity contribution < 1.29 is 9.53 Å². The molecule has 128 valence electrons. The van der Waals surface area contributed by atoms with Crippen LogP contribution < -0.4 is 0 Å². The maximum atomic E-state index is 12.6. The first kappa shape index (κ1) is 17.6. The second kappa shape index (κ2) is 8.25. The molecule has 0 saturated carbocycles. The monoisotopic (exact) mass is 362 g/mol. The van der Waals surface area contributed by atoms with E-state index in [2.05, 4.69) is 11.0 Å². The van der Waals surface area contributed by atoms with Crippen LogP contribution in [0.1, 0.15) is 17.5 Å². The predicted molar refractivity (Wildman–Crippen MR) is 103 cm³/mol. The zero-order valence-electron chi connectivity index (χ0n) is 13.9. The Bertz CT molecular complexity index is 654. The zero-order valence-corrected chi connectivity index (χ0v) is 15.5. The normalized spacial score (nSPS) is 21.0. The van der Waals surface area contributed by atoms with Crippen LogP contribution >= 0.6 is 24.0 Å². The Hall–Kier alpha value is -1.21. The largest absolute Gasteiger partial charge is 0.379 e. The minimum Gasteiger partial charge on any atom is -0.379 e. The number of rotatable bonds is 5. The maximum absolute atomic E-state index is 12.6. The highest BCUT2D eigenvalue weighted by Gasteiger charge is 2.31. The summed E-state index contributed by atoms with van der Waals surface area (Å²) in [6.45, 7) is 7.29. The van der Waals surface area contributed by atoms with Crippen molar-refractivity contribution in [2.24, 2.45) is 0 Å². The molecule has 2 heterocycles. The molecule has 1 aromatic rings. The molecule has 0 atom stereocenters. The predicted octanol–water partition coefficient (Wildman–Crippen LogP) is 2.92. The second-order valence-corrected chi connectivity index (χ2v) is 7.73. The summed E-state index contributed by atoms with van der Waals surface area (Å²) in [5.41, 5.74) is 2.23. The lowest BCUT2D eigenvalue weighted by Crippen LogP contribution is -2.38. The van der Waals surface area contributed by atoms with E-state index in [4.69, 9.17) is 17.0 Å². The van der Waals surface area contributed by atoms with Gasteiger partial charge in [-0.25, -0.2) is 0 Å². The van der Waals surface area contributed by atoms with Crippen LogP contribution in [0.3, 0.4) is 0 Å². The van der Waals surface area contributed by atoms with Crippen molar-refractivity contribution >= 4 is 40.3 Å². The summed E-state index contributed by atoms with van der Waals surface area (Å²) >= 11 is 6.80. The molecular weight excluding hydrogens is 340 g/mol. The summed E-state index contributed by atoms with van der Waals surface area (Å²) in [5, 5.41) is 0. The van der Waals surface area contributed by atoms with Crippen LogP contribution in [0.15, 0.2) is 29.2 Å². The molecule has 3 rings (SSSR count). The minimum atomic E-state index is 0.0356. The molecule has 1 aromatic carbocycles. The average Bonchev–Trinajstić information content (AvgIpc) is 2.83. The Balaban J connectivity index is 1.57. The van der Waals surface area contributed by atoms with E-state index in [1.165, 1.54) is 17.3 Å². The number of benzene rings is 1. The molecule has 1 amide bonds. The van der Waals surface area contributed by atoms with Gasteiger partial charge in [0.25, 0.3) is 5.91 Å². The Morgan fingerprint density at radius 1 is 1.29 bits per heavy atom. The molecule has 2 aliphatic heterocycles. The molecule has 2 aliphatic rings. The average molecular weight is 363 g/mol. The Morgan fingerprint density at radius 3 is 2.83 bits per heavy atom. The molecule has 0 radical (unpaired) electrons. The molecule has 2 fully saturated rings. The summed E-state index contributed by atoms with van der Waals surface area (Å²) in [7, 11) is 0. The smallest absolute Gasteiger partial charge is 0.266 e. The van der Waals surface area contributed by atoms with Gasteiger partial charge in [-0.2, -0.15) is 0 Å². The number of aryl methyl sites for hydroxylation is 1. The summed E-state index contributed by atoms with van der Waals surface area (Å²) in [6.07, 6.45) is 2.87. The first-order valence-corrected chi connectivity index (χ1v) is 9.48. The third-order valence-electron chi connectivity index (χ3n) is 4.17. The molecule has 0 aromatic heterocycles. The summed E-state index contributed by atoms with van der Waals surface area (Å²) < 4.78 is 6.02. The number of morpholine rings is 1. The molecule has 24 heavy (non-hydrogen) atoms. The van der Waals surface area contributed by atoms with Crippen molar-refractivity contribution in [3.05, 3.63) is 40.3 Å². The summed E-state index contributed by atoms with van der Waals surface area (Å²) in [5.74, 6) is 0.0356. The Kier molecular flexibility index (Phi) is 6.05. The van der Waals surface area contributed by atoms with Gasteiger partial charge in [-0.3, -0.25) is 14.6 Å². The highest BCUT2D eigenvalue weighted by Crippen LogP contribution is 2.32. The van der Waals surface area contributed by atoms with Crippen LogP contribution in [-0.4, -0.2) is 59.4 Å². The van der Waals surface area contributed by atoms with Crippen LogP contribution in [-0.2, 0) is 9.53 Å². The number of ether oxygens (including phenoxy) is 1. The van der Waals surface area contributed by atoms with E-state index in [0.717, 1.165) is 49.7 Å². The minimum absolute atomic E-state index is 0.0356. The Morgan fingerprint density at radius 2 is 2.08 bits per heavy atom. The second-order valence-electron chi connectivity index (χ2n) is 6.06. The third-order valence-corrected chi connectivity index (χ3v) is 5.55. The first-order chi connectivity index (χ1) is 11.6. The molecule has 4 nitrogen and oxygen atoms in total. The van der Waals surface area contributed by atoms with Crippen molar-refractivity contribution in [2.45, 2.75) is 13.3 Å². The lowest BCUT2D eigenvalue weighted by molar-refractivity contribution is -0.122. The Labute approximate surface area is 152 Å². The molecule has 0 bridgehead atoms. The number of hydrogen-bond donors (Lipinski definition) is 0. The van der Waals surface area contributed by atoms with Crippen molar-refractivity contribution in [3.8, 4) is 0 Å². The van der Waals surface area contributed by atoms with Gasteiger partial charge in [-0.1, -0.05) is 53.8 Å². The zero-order chi connectivity index (χ0) is 16.9.